The largest absolute Gasteiger partial charge is 0.374 e. The Morgan fingerprint density at radius 3 is 2.73 bits per heavy atom. The van der Waals surface area contributed by atoms with Gasteiger partial charge < -0.3 is 15.4 Å². The standard InChI is InChI=1S/C24H30N6O3/c1-5-19(31)16-13-25-21(28-22(32)11-15-8-9-15)12-18(16)27-17-7-6-10-24(2,23(17)33-4)20-14-26-30(3)29-20/h6-7,10,12-15,23H,5,8-9,11H2,1-4H3,(H2,25,27,28,32). The van der Waals surface area contributed by atoms with Crippen molar-refractivity contribution in [1.29, 1.82) is 0 Å². The molecule has 0 aromatic carbocycles. The van der Waals surface area contributed by atoms with Crippen molar-refractivity contribution in [3.8, 4) is 0 Å². The minimum absolute atomic E-state index is 0.0431. The van der Waals surface area contributed by atoms with Gasteiger partial charge in [-0.3, -0.25) is 9.59 Å². The SMILES string of the molecule is CCC(=O)c1cnc(NC(=O)CC2CC2)cc1NC1=CC=CC(C)(c2cnn(C)n2)C1OC. The molecular formula is C24H30N6O3. The lowest BCUT2D eigenvalue weighted by atomic mass is 9.76. The number of carbonyl (C=O) groups excluding carboxylic acids is 2. The number of carbonyl (C=O) groups is 2. The number of nitrogens with zero attached hydrogens (tertiary/aromatic N) is 4. The van der Waals surface area contributed by atoms with Crippen molar-refractivity contribution in [2.75, 3.05) is 17.7 Å². The normalized spacial score (nSPS) is 22.1. The molecule has 2 aliphatic carbocycles. The number of Topliss-reactive ketones (excluding diaryl/α,β-unsaturated/α-hetero) is 1. The maximum absolute atomic E-state index is 12.6. The fourth-order valence-corrected chi connectivity index (χ4v) is 4.11. The van der Waals surface area contributed by atoms with E-state index in [-0.39, 0.29) is 11.7 Å². The summed E-state index contributed by atoms with van der Waals surface area (Å²) in [7, 11) is 3.41. The van der Waals surface area contributed by atoms with Crippen LogP contribution in [0.25, 0.3) is 0 Å². The van der Waals surface area contributed by atoms with Crippen molar-refractivity contribution < 1.29 is 14.3 Å². The Kier molecular flexibility index (Phi) is 6.42. The van der Waals surface area contributed by atoms with Crippen LogP contribution in [0, 0.1) is 5.92 Å². The second kappa shape index (κ2) is 9.27. The van der Waals surface area contributed by atoms with Crippen LogP contribution in [0.15, 0.2) is 42.4 Å². The number of ether oxygens (including phenoxy) is 1. The summed E-state index contributed by atoms with van der Waals surface area (Å²) >= 11 is 0. The van der Waals surface area contributed by atoms with Gasteiger partial charge in [0, 0.05) is 45.0 Å². The molecule has 0 aliphatic heterocycles. The number of hydrogen-bond acceptors (Lipinski definition) is 7. The monoisotopic (exact) mass is 450 g/mol. The molecule has 9 heteroatoms. The van der Waals surface area contributed by atoms with E-state index in [1.807, 2.05) is 32.1 Å². The summed E-state index contributed by atoms with van der Waals surface area (Å²) in [4.78, 5) is 30.7. The van der Waals surface area contributed by atoms with Gasteiger partial charge >= 0.3 is 0 Å². The van der Waals surface area contributed by atoms with Gasteiger partial charge in [-0.25, -0.2) is 4.98 Å². The lowest BCUT2D eigenvalue weighted by Crippen LogP contribution is -2.42. The topological polar surface area (TPSA) is 111 Å². The van der Waals surface area contributed by atoms with Crippen molar-refractivity contribution in [3.05, 3.63) is 53.6 Å². The van der Waals surface area contributed by atoms with Gasteiger partial charge in [0.25, 0.3) is 0 Å². The number of hydrogen-bond donors (Lipinski definition) is 2. The number of allylic oxidation sites excluding steroid dienone is 2. The van der Waals surface area contributed by atoms with Gasteiger partial charge in [0.2, 0.25) is 5.91 Å². The molecule has 2 heterocycles. The molecule has 0 saturated heterocycles. The molecule has 9 nitrogen and oxygen atoms in total. The zero-order valence-corrected chi connectivity index (χ0v) is 19.5. The number of rotatable bonds is 9. The summed E-state index contributed by atoms with van der Waals surface area (Å²) in [6.07, 6.45) is 11.8. The molecule has 1 saturated carbocycles. The lowest BCUT2D eigenvalue weighted by molar-refractivity contribution is -0.116. The highest BCUT2D eigenvalue weighted by Gasteiger charge is 2.40. The van der Waals surface area contributed by atoms with Crippen LogP contribution in [0.1, 0.15) is 55.6 Å². The predicted octanol–water partition coefficient (Wildman–Crippen LogP) is 3.38. The summed E-state index contributed by atoms with van der Waals surface area (Å²) in [5.74, 6) is 0.783. The van der Waals surface area contributed by atoms with Crippen molar-refractivity contribution in [2.24, 2.45) is 13.0 Å². The first-order chi connectivity index (χ1) is 15.8. The average Bonchev–Trinajstić information content (AvgIpc) is 3.49. The highest BCUT2D eigenvalue weighted by Crippen LogP contribution is 2.37. The predicted molar refractivity (Wildman–Crippen MR) is 125 cm³/mol. The van der Waals surface area contributed by atoms with Crippen LogP contribution in [0.4, 0.5) is 11.5 Å². The van der Waals surface area contributed by atoms with E-state index in [1.165, 1.54) is 11.0 Å². The number of pyridine rings is 1. The van der Waals surface area contributed by atoms with E-state index in [9.17, 15) is 9.59 Å². The van der Waals surface area contributed by atoms with E-state index in [0.29, 0.717) is 35.8 Å². The number of aryl methyl sites for hydroxylation is 1. The summed E-state index contributed by atoms with van der Waals surface area (Å²) in [5, 5.41) is 14.9. The minimum Gasteiger partial charge on any atom is -0.374 e. The van der Waals surface area contributed by atoms with Crippen LogP contribution in [0.2, 0.25) is 0 Å². The molecule has 1 amide bonds. The van der Waals surface area contributed by atoms with Crippen LogP contribution in [-0.4, -0.2) is 44.9 Å². The third kappa shape index (κ3) is 4.88. The highest BCUT2D eigenvalue weighted by molar-refractivity contribution is 6.02. The molecule has 1 fully saturated rings. The molecule has 2 aromatic rings. The van der Waals surface area contributed by atoms with Gasteiger partial charge in [0.05, 0.1) is 28.6 Å². The van der Waals surface area contributed by atoms with Crippen molar-refractivity contribution in [3.63, 3.8) is 0 Å². The molecule has 2 atom stereocenters. The van der Waals surface area contributed by atoms with Crippen LogP contribution < -0.4 is 10.6 Å². The molecule has 2 aromatic heterocycles. The van der Waals surface area contributed by atoms with Crippen molar-refractivity contribution >= 4 is 23.2 Å². The first-order valence-electron chi connectivity index (χ1n) is 11.2. The molecule has 33 heavy (non-hydrogen) atoms. The first kappa shape index (κ1) is 22.8. The number of methoxy groups -OCH3 is 1. The average molecular weight is 451 g/mol. The van der Waals surface area contributed by atoms with Crippen LogP contribution >= 0.6 is 0 Å². The fraction of sp³-hybridized carbons (Fsp3) is 0.458. The van der Waals surface area contributed by atoms with Gasteiger partial charge in [0.1, 0.15) is 11.9 Å². The molecule has 2 N–H and O–H groups in total. The van der Waals surface area contributed by atoms with Crippen molar-refractivity contribution in [1.82, 2.24) is 20.0 Å². The number of anilines is 2. The molecule has 2 aliphatic rings. The number of aromatic nitrogens is 4. The van der Waals surface area contributed by atoms with E-state index in [4.69, 9.17) is 4.74 Å². The zero-order valence-electron chi connectivity index (χ0n) is 19.5. The smallest absolute Gasteiger partial charge is 0.225 e. The molecule has 0 spiro atoms. The Morgan fingerprint density at radius 1 is 1.30 bits per heavy atom. The Bertz CT molecular complexity index is 1120. The molecule has 0 radical (unpaired) electrons. The molecule has 0 bridgehead atoms. The maximum atomic E-state index is 12.6. The molecule has 2 unspecified atom stereocenters. The van der Waals surface area contributed by atoms with Crippen LogP contribution in [0.5, 0.6) is 0 Å². The highest BCUT2D eigenvalue weighted by atomic mass is 16.5. The van der Waals surface area contributed by atoms with Gasteiger partial charge in [0.15, 0.2) is 5.78 Å². The molecular weight excluding hydrogens is 420 g/mol. The lowest BCUT2D eigenvalue weighted by Gasteiger charge is -2.36. The summed E-state index contributed by atoms with van der Waals surface area (Å²) < 4.78 is 5.90. The van der Waals surface area contributed by atoms with Gasteiger partial charge in [-0.15, -0.1) is 0 Å². The fourth-order valence-electron chi connectivity index (χ4n) is 4.11. The summed E-state index contributed by atoms with van der Waals surface area (Å²) in [5.41, 5.74) is 2.00. The van der Waals surface area contributed by atoms with E-state index in [1.54, 1.807) is 26.4 Å². The quantitative estimate of drug-likeness (QED) is 0.563. The first-order valence-corrected chi connectivity index (χ1v) is 11.2. The Balaban J connectivity index is 1.63. The zero-order chi connectivity index (χ0) is 23.6. The van der Waals surface area contributed by atoms with Crippen LogP contribution in [-0.2, 0) is 22.0 Å². The third-order valence-corrected chi connectivity index (χ3v) is 6.18. The maximum Gasteiger partial charge on any atom is 0.225 e. The van der Waals surface area contributed by atoms with Crippen LogP contribution in [0.3, 0.4) is 0 Å². The molecule has 174 valence electrons. The van der Waals surface area contributed by atoms with Gasteiger partial charge in [-0.05, 0) is 31.8 Å². The van der Waals surface area contributed by atoms with E-state index < -0.39 is 11.5 Å². The molecule has 4 rings (SSSR count). The number of ketones is 1. The van der Waals surface area contributed by atoms with E-state index in [2.05, 4.69) is 25.8 Å². The summed E-state index contributed by atoms with van der Waals surface area (Å²) in [6.45, 7) is 3.84. The summed E-state index contributed by atoms with van der Waals surface area (Å²) in [6, 6.07) is 1.71. The Hall–Kier alpha value is -3.33. The number of amides is 1. The third-order valence-electron chi connectivity index (χ3n) is 6.18. The Labute approximate surface area is 193 Å². The second-order valence-electron chi connectivity index (χ2n) is 8.81. The van der Waals surface area contributed by atoms with Gasteiger partial charge in [-0.1, -0.05) is 19.1 Å². The number of nitrogens with one attached hydrogen (secondary N) is 2. The van der Waals surface area contributed by atoms with E-state index in [0.717, 1.165) is 24.2 Å². The van der Waals surface area contributed by atoms with Crippen molar-refractivity contribution in [2.45, 2.75) is 51.0 Å². The van der Waals surface area contributed by atoms with E-state index >= 15 is 0 Å². The second-order valence-corrected chi connectivity index (χ2v) is 8.81. The van der Waals surface area contributed by atoms with Gasteiger partial charge in [-0.2, -0.15) is 15.0 Å². The Morgan fingerprint density at radius 2 is 2.09 bits per heavy atom. The minimum atomic E-state index is -0.566.